The van der Waals surface area contributed by atoms with Crippen molar-refractivity contribution in [1.29, 1.82) is 5.26 Å². The lowest BCUT2D eigenvalue weighted by molar-refractivity contribution is -0.126. The largest absolute Gasteiger partial charge is 0.367 e. The number of benzene rings is 1. The average Bonchev–Trinajstić information content (AvgIpc) is 2.67. The molecule has 1 aromatic carbocycles. The van der Waals surface area contributed by atoms with E-state index in [-0.39, 0.29) is 11.5 Å². The summed E-state index contributed by atoms with van der Waals surface area (Å²) in [5.41, 5.74) is 1.51. The maximum Gasteiger partial charge on any atom is 0.246 e. The molecule has 126 valence electrons. The summed E-state index contributed by atoms with van der Waals surface area (Å²) in [5.74, 6) is -0.582. The number of hydrogen-bond donors (Lipinski definition) is 0. The van der Waals surface area contributed by atoms with Gasteiger partial charge < -0.3 is 9.80 Å². The quantitative estimate of drug-likeness (QED) is 0.808. The number of amides is 1. The summed E-state index contributed by atoms with van der Waals surface area (Å²) in [5, 5.41) is 9.15. The third kappa shape index (κ3) is 3.83. The van der Waals surface area contributed by atoms with Crippen molar-refractivity contribution >= 4 is 17.7 Å². The zero-order valence-corrected chi connectivity index (χ0v) is 13.6. The zero-order valence-electron chi connectivity index (χ0n) is 13.6. The van der Waals surface area contributed by atoms with Crippen LogP contribution in [-0.4, -0.2) is 42.0 Å². The van der Waals surface area contributed by atoms with Crippen molar-refractivity contribution < 1.29 is 9.18 Å². The monoisotopic (exact) mass is 336 g/mol. The topological polar surface area (TPSA) is 60.2 Å². The Morgan fingerprint density at radius 2 is 2.00 bits per heavy atom. The summed E-state index contributed by atoms with van der Waals surface area (Å²) in [6.45, 7) is 2.17. The van der Waals surface area contributed by atoms with Crippen LogP contribution in [0.1, 0.15) is 11.1 Å². The van der Waals surface area contributed by atoms with Gasteiger partial charge in [-0.1, -0.05) is 12.1 Å². The van der Waals surface area contributed by atoms with Gasteiger partial charge in [0.1, 0.15) is 17.4 Å². The Morgan fingerprint density at radius 3 is 2.68 bits per heavy atom. The van der Waals surface area contributed by atoms with Crippen LogP contribution in [0.5, 0.6) is 0 Å². The van der Waals surface area contributed by atoms with E-state index in [1.807, 2.05) is 23.1 Å². The van der Waals surface area contributed by atoms with E-state index in [2.05, 4.69) is 4.98 Å². The van der Waals surface area contributed by atoms with Gasteiger partial charge in [0.25, 0.3) is 0 Å². The van der Waals surface area contributed by atoms with Crippen LogP contribution < -0.4 is 4.90 Å². The van der Waals surface area contributed by atoms with E-state index in [0.717, 1.165) is 5.56 Å². The molecule has 1 saturated heterocycles. The molecule has 1 fully saturated rings. The Morgan fingerprint density at radius 1 is 1.20 bits per heavy atom. The van der Waals surface area contributed by atoms with E-state index in [9.17, 15) is 9.18 Å². The first-order chi connectivity index (χ1) is 12.2. The number of pyridine rings is 1. The standard InChI is InChI=1S/C19H17FN4O/c20-17-4-1-5-18(16(17)13-21)23-9-11-24(12-10-23)19(25)7-6-15-3-2-8-22-14-15/h1-8,14H,9-12H2/b7-6+. The molecule has 2 aromatic rings. The Hall–Kier alpha value is -3.20. The molecule has 0 spiro atoms. The first-order valence-electron chi connectivity index (χ1n) is 7.99. The number of nitriles is 1. The molecule has 0 unspecified atom stereocenters. The molecule has 0 aliphatic carbocycles. The Bertz CT molecular complexity index is 821. The molecule has 25 heavy (non-hydrogen) atoms. The van der Waals surface area contributed by atoms with Gasteiger partial charge >= 0.3 is 0 Å². The zero-order chi connectivity index (χ0) is 17.6. The number of carbonyl (C=O) groups is 1. The molecule has 2 heterocycles. The number of rotatable bonds is 3. The molecule has 0 N–H and O–H groups in total. The molecule has 3 rings (SSSR count). The minimum atomic E-state index is -0.516. The number of halogens is 1. The number of nitrogens with zero attached hydrogens (tertiary/aromatic N) is 4. The lowest BCUT2D eigenvalue weighted by Crippen LogP contribution is -2.48. The van der Waals surface area contributed by atoms with Gasteiger partial charge in [0.05, 0.1) is 5.69 Å². The van der Waals surface area contributed by atoms with Gasteiger partial charge in [-0.15, -0.1) is 0 Å². The van der Waals surface area contributed by atoms with Gasteiger partial charge in [-0.3, -0.25) is 9.78 Å². The maximum atomic E-state index is 13.7. The second-order valence-electron chi connectivity index (χ2n) is 5.68. The highest BCUT2D eigenvalue weighted by Crippen LogP contribution is 2.23. The molecule has 5 nitrogen and oxygen atoms in total. The first-order valence-corrected chi connectivity index (χ1v) is 7.99. The second-order valence-corrected chi connectivity index (χ2v) is 5.68. The predicted octanol–water partition coefficient (Wildman–Crippen LogP) is 2.45. The molecule has 6 heteroatoms. The number of anilines is 1. The van der Waals surface area contributed by atoms with Gasteiger partial charge in [-0.25, -0.2) is 4.39 Å². The molecule has 0 atom stereocenters. The fourth-order valence-corrected chi connectivity index (χ4v) is 2.80. The van der Waals surface area contributed by atoms with E-state index in [1.165, 1.54) is 12.1 Å². The van der Waals surface area contributed by atoms with Crippen molar-refractivity contribution in [3.8, 4) is 6.07 Å². The van der Waals surface area contributed by atoms with E-state index in [1.54, 1.807) is 35.5 Å². The molecular weight excluding hydrogens is 319 g/mol. The third-order valence-corrected chi connectivity index (χ3v) is 4.14. The summed E-state index contributed by atoms with van der Waals surface area (Å²) in [4.78, 5) is 20.0. The molecule has 1 aliphatic rings. The smallest absolute Gasteiger partial charge is 0.246 e. The maximum absolute atomic E-state index is 13.7. The molecular formula is C19H17FN4O. The van der Waals surface area contributed by atoms with Crippen LogP contribution in [-0.2, 0) is 4.79 Å². The van der Waals surface area contributed by atoms with Crippen LogP contribution in [0, 0.1) is 17.1 Å². The van der Waals surface area contributed by atoms with Crippen LogP contribution >= 0.6 is 0 Å². The van der Waals surface area contributed by atoms with Crippen molar-refractivity contribution in [2.75, 3.05) is 31.1 Å². The lowest BCUT2D eigenvalue weighted by atomic mass is 10.1. The number of carbonyl (C=O) groups excluding carboxylic acids is 1. The molecule has 0 radical (unpaired) electrons. The highest BCUT2D eigenvalue weighted by Gasteiger charge is 2.22. The van der Waals surface area contributed by atoms with Gasteiger partial charge in [-0.2, -0.15) is 5.26 Å². The fourth-order valence-electron chi connectivity index (χ4n) is 2.80. The fraction of sp³-hybridized carbons (Fsp3) is 0.211. The average molecular weight is 336 g/mol. The van der Waals surface area contributed by atoms with E-state index < -0.39 is 5.82 Å². The molecule has 1 amide bonds. The molecule has 1 aliphatic heterocycles. The highest BCUT2D eigenvalue weighted by molar-refractivity contribution is 5.91. The van der Waals surface area contributed by atoms with Crippen LogP contribution in [0.2, 0.25) is 0 Å². The van der Waals surface area contributed by atoms with Gasteiger partial charge in [-0.05, 0) is 29.8 Å². The van der Waals surface area contributed by atoms with E-state index in [4.69, 9.17) is 5.26 Å². The molecule has 0 saturated carbocycles. The van der Waals surface area contributed by atoms with Gasteiger partial charge in [0.15, 0.2) is 0 Å². The van der Waals surface area contributed by atoms with Gasteiger partial charge in [0.2, 0.25) is 5.91 Å². The first kappa shape index (κ1) is 16.7. The van der Waals surface area contributed by atoms with Crippen molar-refractivity contribution in [3.05, 3.63) is 65.7 Å². The second kappa shape index (κ2) is 7.58. The van der Waals surface area contributed by atoms with Crippen LogP contribution in [0.3, 0.4) is 0 Å². The van der Waals surface area contributed by atoms with Crippen molar-refractivity contribution in [2.45, 2.75) is 0 Å². The predicted molar refractivity (Wildman–Crippen MR) is 93.2 cm³/mol. The minimum Gasteiger partial charge on any atom is -0.367 e. The minimum absolute atomic E-state index is 0.0544. The van der Waals surface area contributed by atoms with E-state index in [0.29, 0.717) is 31.9 Å². The van der Waals surface area contributed by atoms with Crippen molar-refractivity contribution in [1.82, 2.24) is 9.88 Å². The summed E-state index contributed by atoms with van der Waals surface area (Å²) >= 11 is 0. The molecule has 0 bridgehead atoms. The van der Waals surface area contributed by atoms with Crippen molar-refractivity contribution in [2.24, 2.45) is 0 Å². The summed E-state index contributed by atoms with van der Waals surface area (Å²) in [6.07, 6.45) is 6.65. The van der Waals surface area contributed by atoms with Crippen LogP contribution in [0.15, 0.2) is 48.8 Å². The number of aromatic nitrogens is 1. The van der Waals surface area contributed by atoms with Crippen LogP contribution in [0.4, 0.5) is 10.1 Å². The van der Waals surface area contributed by atoms with E-state index >= 15 is 0 Å². The van der Waals surface area contributed by atoms with Gasteiger partial charge in [0, 0.05) is 44.6 Å². The molecule has 1 aromatic heterocycles. The lowest BCUT2D eigenvalue weighted by Gasteiger charge is -2.36. The third-order valence-electron chi connectivity index (χ3n) is 4.14. The number of hydrogen-bond acceptors (Lipinski definition) is 4. The van der Waals surface area contributed by atoms with Crippen molar-refractivity contribution in [3.63, 3.8) is 0 Å². The summed E-state index contributed by atoms with van der Waals surface area (Å²) in [6, 6.07) is 10.2. The summed E-state index contributed by atoms with van der Waals surface area (Å²) in [7, 11) is 0. The SMILES string of the molecule is N#Cc1c(F)cccc1N1CCN(C(=O)/C=C/c2cccnc2)CC1. The Kier molecular flexibility index (Phi) is 5.05. The number of piperazine rings is 1. The Labute approximate surface area is 145 Å². The highest BCUT2D eigenvalue weighted by atomic mass is 19.1. The normalized spacial score (nSPS) is 14.6. The van der Waals surface area contributed by atoms with Crippen LogP contribution in [0.25, 0.3) is 6.08 Å². The summed E-state index contributed by atoms with van der Waals surface area (Å²) < 4.78 is 13.7. The Balaban J connectivity index is 1.62.